The number of aromatic nitrogens is 4. The second kappa shape index (κ2) is 7.70. The normalized spacial score (nSPS) is 11.3. The zero-order valence-corrected chi connectivity index (χ0v) is 15.7. The second-order valence-corrected chi connectivity index (χ2v) is 6.35. The summed E-state index contributed by atoms with van der Waals surface area (Å²) in [4.78, 5) is 12.1. The molecule has 2 heterocycles. The Balaban J connectivity index is 1.75. The van der Waals surface area contributed by atoms with Gasteiger partial charge in [-0.05, 0) is 31.2 Å². The lowest BCUT2D eigenvalue weighted by molar-refractivity contribution is -0.0498. The Morgan fingerprint density at radius 1 is 1.00 bits per heavy atom. The van der Waals surface area contributed by atoms with Crippen molar-refractivity contribution in [3.05, 3.63) is 59.7 Å². The Kier molecular flexibility index (Phi) is 5.05. The Morgan fingerprint density at radius 2 is 1.68 bits per heavy atom. The third-order valence-corrected chi connectivity index (χ3v) is 4.27. The van der Waals surface area contributed by atoms with Gasteiger partial charge in [-0.2, -0.15) is 23.1 Å². The number of nitrogen functional groups attached to an aromatic ring is 1. The fourth-order valence-corrected chi connectivity index (χ4v) is 2.94. The minimum Gasteiger partial charge on any atom is -0.435 e. The van der Waals surface area contributed by atoms with E-state index in [0.29, 0.717) is 5.69 Å². The Labute approximate surface area is 171 Å². The van der Waals surface area contributed by atoms with Gasteiger partial charge in [-0.25, -0.2) is 13.8 Å². The minimum atomic E-state index is -2.98. The summed E-state index contributed by atoms with van der Waals surface area (Å²) in [6, 6.07) is 7.08. The number of benzene rings is 2. The van der Waals surface area contributed by atoms with E-state index in [9.17, 15) is 22.0 Å². The summed E-state index contributed by atoms with van der Waals surface area (Å²) >= 11 is 0. The first-order valence-corrected chi connectivity index (χ1v) is 8.72. The molecule has 4 rings (SSSR count). The van der Waals surface area contributed by atoms with Crippen LogP contribution in [0.2, 0.25) is 0 Å². The van der Waals surface area contributed by atoms with E-state index in [1.807, 2.05) is 0 Å². The monoisotopic (exact) mass is 436 g/mol. The molecule has 0 unspecified atom stereocenters. The number of aryl methyl sites for hydroxylation is 1. The van der Waals surface area contributed by atoms with Gasteiger partial charge in [0.1, 0.15) is 11.6 Å². The molecule has 7 nitrogen and oxygen atoms in total. The molecule has 3 N–H and O–H groups in total. The van der Waals surface area contributed by atoms with Crippen LogP contribution < -0.4 is 15.8 Å². The second-order valence-electron chi connectivity index (χ2n) is 6.35. The quantitative estimate of drug-likeness (QED) is 0.449. The first-order valence-electron chi connectivity index (χ1n) is 8.72. The number of hydrogen-bond acceptors (Lipinski definition) is 6. The zero-order chi connectivity index (χ0) is 22.3. The van der Waals surface area contributed by atoms with Crippen molar-refractivity contribution in [2.45, 2.75) is 13.5 Å². The number of ether oxygens (including phenoxy) is 1. The van der Waals surface area contributed by atoms with E-state index in [4.69, 9.17) is 5.73 Å². The summed E-state index contributed by atoms with van der Waals surface area (Å²) in [6.07, 6.45) is 0. The molecule has 0 radical (unpaired) electrons. The van der Waals surface area contributed by atoms with Crippen LogP contribution in [0.1, 0.15) is 5.82 Å². The number of nitrogens with two attached hydrogens (primary N) is 1. The highest BCUT2D eigenvalue weighted by Crippen LogP contribution is 2.27. The summed E-state index contributed by atoms with van der Waals surface area (Å²) in [6.45, 7) is -1.43. The van der Waals surface area contributed by atoms with E-state index in [2.05, 4.69) is 25.0 Å². The van der Waals surface area contributed by atoms with Crippen molar-refractivity contribution in [2.24, 2.45) is 0 Å². The molecule has 0 aliphatic heterocycles. The smallest absolute Gasteiger partial charge is 0.387 e. The predicted molar refractivity (Wildman–Crippen MR) is 102 cm³/mol. The summed E-state index contributed by atoms with van der Waals surface area (Å²) in [7, 11) is 0. The van der Waals surface area contributed by atoms with Crippen molar-refractivity contribution in [3.63, 3.8) is 0 Å². The van der Waals surface area contributed by atoms with Gasteiger partial charge in [0, 0.05) is 17.8 Å². The average molecular weight is 436 g/mol. The van der Waals surface area contributed by atoms with Gasteiger partial charge < -0.3 is 15.8 Å². The summed E-state index contributed by atoms with van der Waals surface area (Å²) < 4.78 is 71.9. The van der Waals surface area contributed by atoms with Crippen LogP contribution in [0.15, 0.2) is 36.4 Å². The maximum absolute atomic E-state index is 14.5. The molecular weight excluding hydrogens is 423 g/mol. The lowest BCUT2D eigenvalue weighted by Crippen LogP contribution is -2.11. The first kappa shape index (κ1) is 20.3. The average Bonchev–Trinajstić information content (AvgIpc) is 3.01. The molecule has 4 aromatic rings. The molecule has 31 heavy (non-hydrogen) atoms. The molecule has 0 fully saturated rings. The van der Waals surface area contributed by atoms with Crippen LogP contribution in [0, 0.1) is 24.4 Å². The van der Waals surface area contributed by atoms with Crippen molar-refractivity contribution in [1.82, 2.24) is 19.5 Å². The molecule has 0 aliphatic rings. The number of rotatable bonds is 5. The van der Waals surface area contributed by atoms with Crippen molar-refractivity contribution in [1.29, 1.82) is 0 Å². The molecule has 0 amide bonds. The molecule has 0 spiro atoms. The number of alkyl halides is 2. The van der Waals surface area contributed by atoms with Crippen LogP contribution in [0.4, 0.5) is 39.3 Å². The highest BCUT2D eigenvalue weighted by Gasteiger charge is 2.19. The molecule has 0 saturated carbocycles. The van der Waals surface area contributed by atoms with Crippen LogP contribution in [0.3, 0.4) is 0 Å². The van der Waals surface area contributed by atoms with Crippen molar-refractivity contribution >= 4 is 28.4 Å². The van der Waals surface area contributed by atoms with Crippen molar-refractivity contribution < 1.29 is 26.7 Å². The van der Waals surface area contributed by atoms with Crippen LogP contribution in [0.5, 0.6) is 5.75 Å². The molecule has 0 saturated heterocycles. The lowest BCUT2D eigenvalue weighted by Gasteiger charge is -2.12. The maximum atomic E-state index is 14.5. The van der Waals surface area contributed by atoms with E-state index in [1.165, 1.54) is 28.8 Å². The SMILES string of the molecule is Cc1nc2cc(F)c(F)cc2n1-c1nc(N)c(F)c(Nc2ccc(OC(F)F)cc2)n1. The van der Waals surface area contributed by atoms with Crippen LogP contribution in [0.25, 0.3) is 17.0 Å². The van der Waals surface area contributed by atoms with Crippen LogP contribution in [-0.2, 0) is 0 Å². The number of nitrogens with one attached hydrogen (secondary N) is 1. The van der Waals surface area contributed by atoms with E-state index in [-0.39, 0.29) is 34.4 Å². The summed E-state index contributed by atoms with van der Waals surface area (Å²) in [5.74, 6) is -3.90. The third-order valence-electron chi connectivity index (χ3n) is 4.27. The highest BCUT2D eigenvalue weighted by molar-refractivity contribution is 5.78. The number of fused-ring (bicyclic) bond motifs is 1. The number of hydrogen-bond donors (Lipinski definition) is 2. The van der Waals surface area contributed by atoms with Gasteiger partial charge in [-0.15, -0.1) is 0 Å². The standard InChI is InChI=1S/C19H13F5N6O/c1-8-26-13-6-11(20)12(21)7-14(13)30(8)19-28-16(25)15(22)17(29-19)27-9-2-4-10(5-3-9)31-18(23)24/h2-7,18H,1H3,(H3,25,27,28,29). The Morgan fingerprint density at radius 3 is 2.35 bits per heavy atom. The predicted octanol–water partition coefficient (Wildman–Crippen LogP) is 4.47. The van der Waals surface area contributed by atoms with Gasteiger partial charge in [0.15, 0.2) is 23.3 Å². The maximum Gasteiger partial charge on any atom is 0.387 e. The molecule has 2 aromatic carbocycles. The topological polar surface area (TPSA) is 90.9 Å². The molecule has 160 valence electrons. The molecule has 2 aromatic heterocycles. The summed E-state index contributed by atoms with van der Waals surface area (Å²) in [5, 5.41) is 2.67. The first-order chi connectivity index (χ1) is 14.7. The number of halogens is 5. The minimum absolute atomic E-state index is 0.0846. The van der Waals surface area contributed by atoms with Crippen molar-refractivity contribution in [3.8, 4) is 11.7 Å². The summed E-state index contributed by atoms with van der Waals surface area (Å²) in [5.41, 5.74) is 6.27. The number of nitrogens with zero attached hydrogens (tertiary/aromatic N) is 4. The molecule has 0 bridgehead atoms. The van der Waals surface area contributed by atoms with Gasteiger partial charge in [0.05, 0.1) is 11.0 Å². The Hall–Kier alpha value is -3.96. The fraction of sp³-hybridized carbons (Fsp3) is 0.105. The molecule has 0 aliphatic carbocycles. The van der Waals surface area contributed by atoms with E-state index >= 15 is 0 Å². The van der Waals surface area contributed by atoms with Gasteiger partial charge in [0.25, 0.3) is 0 Å². The lowest BCUT2D eigenvalue weighted by atomic mass is 10.3. The number of anilines is 3. The van der Waals surface area contributed by atoms with Crippen LogP contribution in [-0.4, -0.2) is 26.1 Å². The van der Waals surface area contributed by atoms with Gasteiger partial charge >= 0.3 is 6.61 Å². The van der Waals surface area contributed by atoms with Gasteiger partial charge in [-0.3, -0.25) is 4.57 Å². The van der Waals surface area contributed by atoms with E-state index in [0.717, 1.165) is 12.1 Å². The fourth-order valence-electron chi connectivity index (χ4n) is 2.94. The largest absolute Gasteiger partial charge is 0.435 e. The van der Waals surface area contributed by atoms with Gasteiger partial charge in [-0.1, -0.05) is 0 Å². The number of imidazole rings is 1. The van der Waals surface area contributed by atoms with Crippen LogP contribution >= 0.6 is 0 Å². The molecule has 12 heteroatoms. The zero-order valence-electron chi connectivity index (χ0n) is 15.7. The molecular formula is C19H13F5N6O. The third kappa shape index (κ3) is 3.91. The van der Waals surface area contributed by atoms with Crippen molar-refractivity contribution in [2.75, 3.05) is 11.1 Å². The molecule has 0 atom stereocenters. The highest BCUT2D eigenvalue weighted by atomic mass is 19.3. The Bertz CT molecular complexity index is 1280. The van der Waals surface area contributed by atoms with Gasteiger partial charge in [0.2, 0.25) is 11.8 Å². The van der Waals surface area contributed by atoms with E-state index in [1.54, 1.807) is 6.92 Å². The van der Waals surface area contributed by atoms with E-state index < -0.39 is 29.9 Å².